The van der Waals surface area contributed by atoms with Gasteiger partial charge < -0.3 is 0 Å². The van der Waals surface area contributed by atoms with Crippen LogP contribution in [0.4, 0.5) is 0 Å². The molecule has 0 aliphatic carbocycles. The van der Waals surface area contributed by atoms with Gasteiger partial charge in [-0.05, 0) is 24.7 Å². The second-order valence-electron chi connectivity index (χ2n) is 4.23. The average molecular weight is 235 g/mol. The molecule has 0 rings (SSSR count). The molecule has 0 bridgehead atoms. The van der Waals surface area contributed by atoms with E-state index in [4.69, 9.17) is 0 Å². The highest BCUT2D eigenvalue weighted by molar-refractivity contribution is 9.09. The Morgan fingerprint density at radius 3 is 2.00 bits per heavy atom. The molecule has 2 atom stereocenters. The van der Waals surface area contributed by atoms with Crippen molar-refractivity contribution in [2.75, 3.05) is 0 Å². The fourth-order valence-electron chi connectivity index (χ4n) is 1.41. The summed E-state index contributed by atoms with van der Waals surface area (Å²) >= 11 is 3.72. The quantitative estimate of drug-likeness (QED) is 0.589. The molecule has 0 radical (unpaired) electrons. The fourth-order valence-corrected chi connectivity index (χ4v) is 1.68. The zero-order chi connectivity index (χ0) is 9.56. The Kier molecular flexibility index (Phi) is 7.22. The maximum absolute atomic E-state index is 3.72. The molecule has 0 aromatic rings. The molecule has 0 nitrogen and oxygen atoms in total. The molecule has 0 aliphatic rings. The fraction of sp³-hybridized carbons (Fsp3) is 1.00. The molecule has 2 unspecified atom stereocenters. The van der Waals surface area contributed by atoms with E-state index in [1.807, 2.05) is 0 Å². The lowest BCUT2D eigenvalue weighted by molar-refractivity contribution is 0.443. The smallest absolute Gasteiger partial charge is 0.0168 e. The topological polar surface area (TPSA) is 0 Å². The van der Waals surface area contributed by atoms with Crippen molar-refractivity contribution in [1.82, 2.24) is 0 Å². The summed E-state index contributed by atoms with van der Waals surface area (Å²) in [6.45, 7) is 9.20. The summed E-state index contributed by atoms with van der Waals surface area (Å²) in [6.07, 6.45) is 5.42. The molecule has 74 valence electrons. The van der Waals surface area contributed by atoms with Crippen LogP contribution in [0.2, 0.25) is 0 Å². The van der Waals surface area contributed by atoms with Gasteiger partial charge in [-0.15, -0.1) is 0 Å². The van der Waals surface area contributed by atoms with E-state index in [1.54, 1.807) is 0 Å². The van der Waals surface area contributed by atoms with Crippen LogP contribution in [-0.4, -0.2) is 4.83 Å². The number of hydrogen-bond acceptors (Lipinski definition) is 0. The van der Waals surface area contributed by atoms with Gasteiger partial charge in [-0.3, -0.25) is 0 Å². The molecule has 0 N–H and O–H groups in total. The number of alkyl halides is 1. The van der Waals surface area contributed by atoms with Gasteiger partial charge in [-0.2, -0.15) is 0 Å². The molecule has 0 fully saturated rings. The van der Waals surface area contributed by atoms with Gasteiger partial charge in [0.2, 0.25) is 0 Å². The Hall–Kier alpha value is 0.480. The minimum atomic E-state index is 0.719. The number of rotatable bonds is 6. The molecule has 0 aromatic heterocycles. The first-order valence-electron chi connectivity index (χ1n) is 5.22. The number of hydrogen-bond donors (Lipinski definition) is 0. The molecular formula is C11H23Br. The number of halogens is 1. The summed E-state index contributed by atoms with van der Waals surface area (Å²) in [7, 11) is 0. The van der Waals surface area contributed by atoms with Crippen molar-refractivity contribution in [2.24, 2.45) is 11.8 Å². The Labute approximate surface area is 86.3 Å². The van der Waals surface area contributed by atoms with Crippen molar-refractivity contribution in [3.05, 3.63) is 0 Å². The molecule has 0 amide bonds. The molecule has 0 saturated carbocycles. The molecule has 0 aromatic carbocycles. The van der Waals surface area contributed by atoms with Gasteiger partial charge in [-0.1, -0.05) is 56.5 Å². The van der Waals surface area contributed by atoms with Gasteiger partial charge in [0.05, 0.1) is 0 Å². The van der Waals surface area contributed by atoms with Crippen LogP contribution in [-0.2, 0) is 0 Å². The van der Waals surface area contributed by atoms with E-state index in [1.165, 1.54) is 25.7 Å². The van der Waals surface area contributed by atoms with Gasteiger partial charge in [0.25, 0.3) is 0 Å². The Bertz CT molecular complexity index is 99.2. The van der Waals surface area contributed by atoms with E-state index in [-0.39, 0.29) is 0 Å². The lowest BCUT2D eigenvalue weighted by Crippen LogP contribution is -2.08. The molecule has 1 heteroatoms. The normalized spacial score (nSPS) is 16.5. The van der Waals surface area contributed by atoms with E-state index >= 15 is 0 Å². The first-order valence-corrected chi connectivity index (χ1v) is 6.13. The van der Waals surface area contributed by atoms with Crippen molar-refractivity contribution in [1.29, 1.82) is 0 Å². The summed E-state index contributed by atoms with van der Waals surface area (Å²) in [5.41, 5.74) is 0. The largest absolute Gasteiger partial charge is 0.0888 e. The molecular weight excluding hydrogens is 212 g/mol. The van der Waals surface area contributed by atoms with Crippen LogP contribution in [0.3, 0.4) is 0 Å². The van der Waals surface area contributed by atoms with Crippen LogP contribution in [0.15, 0.2) is 0 Å². The van der Waals surface area contributed by atoms with E-state index < -0.39 is 0 Å². The first-order chi connectivity index (χ1) is 5.57. The Morgan fingerprint density at radius 1 is 1.00 bits per heavy atom. The minimum absolute atomic E-state index is 0.719. The highest BCUT2D eigenvalue weighted by Gasteiger charge is 2.10. The zero-order valence-electron chi connectivity index (χ0n) is 8.94. The second kappa shape index (κ2) is 6.94. The van der Waals surface area contributed by atoms with Crippen LogP contribution in [0.1, 0.15) is 53.4 Å². The predicted octanol–water partition coefficient (Wildman–Crippen LogP) is 4.62. The van der Waals surface area contributed by atoms with Gasteiger partial charge in [0.15, 0.2) is 0 Å². The van der Waals surface area contributed by atoms with Gasteiger partial charge in [0.1, 0.15) is 0 Å². The van der Waals surface area contributed by atoms with E-state index in [0.29, 0.717) is 0 Å². The van der Waals surface area contributed by atoms with Crippen LogP contribution < -0.4 is 0 Å². The third kappa shape index (κ3) is 6.05. The molecule has 0 heterocycles. The first kappa shape index (κ1) is 12.5. The average Bonchev–Trinajstić information content (AvgIpc) is 2.00. The predicted molar refractivity (Wildman–Crippen MR) is 60.9 cm³/mol. The van der Waals surface area contributed by atoms with Gasteiger partial charge in [-0.25, -0.2) is 0 Å². The highest BCUT2D eigenvalue weighted by Crippen LogP contribution is 2.22. The Balaban J connectivity index is 3.40. The third-order valence-corrected chi connectivity index (χ3v) is 3.96. The SMILES string of the molecule is CCCC(C)CCC(Br)C(C)C. The van der Waals surface area contributed by atoms with Crippen LogP contribution >= 0.6 is 15.9 Å². The van der Waals surface area contributed by atoms with E-state index in [2.05, 4.69) is 43.6 Å². The monoisotopic (exact) mass is 234 g/mol. The summed E-state index contributed by atoms with van der Waals surface area (Å²) in [5, 5.41) is 0. The Morgan fingerprint density at radius 2 is 1.58 bits per heavy atom. The minimum Gasteiger partial charge on any atom is -0.0888 e. The molecule has 0 saturated heterocycles. The zero-order valence-corrected chi connectivity index (χ0v) is 10.5. The standard InChI is InChI=1S/C11H23Br/c1-5-6-10(4)7-8-11(12)9(2)3/h9-11H,5-8H2,1-4H3. The van der Waals surface area contributed by atoms with E-state index in [0.717, 1.165) is 16.7 Å². The molecule has 12 heavy (non-hydrogen) atoms. The van der Waals surface area contributed by atoms with Crippen LogP contribution in [0.25, 0.3) is 0 Å². The lowest BCUT2D eigenvalue weighted by Gasteiger charge is -2.16. The van der Waals surface area contributed by atoms with Crippen molar-refractivity contribution in [2.45, 2.75) is 58.2 Å². The summed E-state index contributed by atoms with van der Waals surface area (Å²) in [6, 6.07) is 0. The van der Waals surface area contributed by atoms with Crippen molar-refractivity contribution < 1.29 is 0 Å². The van der Waals surface area contributed by atoms with Crippen molar-refractivity contribution >= 4 is 15.9 Å². The maximum atomic E-state index is 3.72. The van der Waals surface area contributed by atoms with Crippen molar-refractivity contribution in [3.8, 4) is 0 Å². The molecule has 0 aliphatic heterocycles. The maximum Gasteiger partial charge on any atom is 0.0168 e. The van der Waals surface area contributed by atoms with Gasteiger partial charge >= 0.3 is 0 Å². The highest BCUT2D eigenvalue weighted by atomic mass is 79.9. The molecule has 0 spiro atoms. The summed E-state index contributed by atoms with van der Waals surface area (Å²) in [5.74, 6) is 1.69. The summed E-state index contributed by atoms with van der Waals surface area (Å²) < 4.78 is 0. The van der Waals surface area contributed by atoms with Crippen LogP contribution in [0, 0.1) is 11.8 Å². The second-order valence-corrected chi connectivity index (χ2v) is 5.41. The third-order valence-electron chi connectivity index (χ3n) is 2.44. The van der Waals surface area contributed by atoms with E-state index in [9.17, 15) is 0 Å². The van der Waals surface area contributed by atoms with Gasteiger partial charge in [0, 0.05) is 4.83 Å². The summed E-state index contributed by atoms with van der Waals surface area (Å²) in [4.78, 5) is 0.719. The van der Waals surface area contributed by atoms with Crippen molar-refractivity contribution in [3.63, 3.8) is 0 Å². The lowest BCUT2D eigenvalue weighted by atomic mass is 9.96. The van der Waals surface area contributed by atoms with Crippen LogP contribution in [0.5, 0.6) is 0 Å².